The van der Waals surface area contributed by atoms with Gasteiger partial charge < -0.3 is 10.6 Å². The number of hydrogen-bond acceptors (Lipinski definition) is 5. The molecule has 0 saturated carbocycles. The van der Waals surface area contributed by atoms with Gasteiger partial charge in [0.2, 0.25) is 5.91 Å². The second kappa shape index (κ2) is 6.41. The molecule has 0 bridgehead atoms. The first kappa shape index (κ1) is 16.4. The topological polar surface area (TPSA) is 84.7 Å². The van der Waals surface area contributed by atoms with Crippen LogP contribution < -0.4 is 10.6 Å². The van der Waals surface area contributed by atoms with Crippen molar-refractivity contribution in [3.8, 4) is 11.4 Å². The molecular weight excluding hydrogens is 304 g/mol. The van der Waals surface area contributed by atoms with Gasteiger partial charge in [0.05, 0.1) is 5.41 Å². The number of amides is 1. The summed E-state index contributed by atoms with van der Waals surface area (Å²) in [6, 6.07) is 7.56. The van der Waals surface area contributed by atoms with Crippen molar-refractivity contribution >= 4 is 24.0 Å². The van der Waals surface area contributed by atoms with E-state index in [0.717, 1.165) is 24.2 Å². The Hall–Kier alpha value is -1.99. The van der Waals surface area contributed by atoms with E-state index in [0.29, 0.717) is 12.4 Å². The molecule has 1 aromatic carbocycles. The van der Waals surface area contributed by atoms with E-state index in [1.54, 1.807) is 11.7 Å². The smallest absolute Gasteiger partial charge is 0.231 e. The molecule has 2 heterocycles. The quantitative estimate of drug-likeness (QED) is 0.888. The van der Waals surface area contributed by atoms with E-state index in [-0.39, 0.29) is 23.7 Å². The molecule has 2 N–H and O–H groups in total. The van der Waals surface area contributed by atoms with Gasteiger partial charge in [-0.3, -0.25) is 4.79 Å². The molecule has 1 atom stereocenters. The van der Waals surface area contributed by atoms with Crippen molar-refractivity contribution < 1.29 is 4.79 Å². The molecule has 1 aliphatic heterocycles. The molecule has 0 aliphatic carbocycles. The highest BCUT2D eigenvalue weighted by Gasteiger charge is 2.36. The maximum atomic E-state index is 12.4. The Morgan fingerprint density at radius 3 is 2.91 bits per heavy atom. The van der Waals surface area contributed by atoms with Crippen LogP contribution >= 0.6 is 12.4 Å². The zero-order valence-corrected chi connectivity index (χ0v) is 13.4. The fraction of sp³-hybridized carbons (Fsp3) is 0.429. The fourth-order valence-electron chi connectivity index (χ4n) is 2.50. The van der Waals surface area contributed by atoms with E-state index in [2.05, 4.69) is 26.2 Å². The largest absolute Gasteiger partial charge is 0.326 e. The Morgan fingerprint density at radius 1 is 1.45 bits per heavy atom. The highest BCUT2D eigenvalue weighted by atomic mass is 35.5. The van der Waals surface area contributed by atoms with Gasteiger partial charge in [0.25, 0.3) is 0 Å². The van der Waals surface area contributed by atoms with Crippen LogP contribution in [0.2, 0.25) is 0 Å². The second-order valence-electron chi connectivity index (χ2n) is 5.65. The number of benzene rings is 1. The van der Waals surface area contributed by atoms with Crippen molar-refractivity contribution in [1.29, 1.82) is 0 Å². The van der Waals surface area contributed by atoms with E-state index >= 15 is 0 Å². The fourth-order valence-corrected chi connectivity index (χ4v) is 2.50. The third-order valence-corrected chi connectivity index (χ3v) is 3.92. The van der Waals surface area contributed by atoms with Gasteiger partial charge in [0.1, 0.15) is 0 Å². The molecule has 1 unspecified atom stereocenters. The number of aromatic nitrogens is 4. The van der Waals surface area contributed by atoms with Crippen LogP contribution in [0.1, 0.15) is 13.3 Å². The van der Waals surface area contributed by atoms with Crippen molar-refractivity contribution in [3.05, 3.63) is 24.3 Å². The van der Waals surface area contributed by atoms with Crippen molar-refractivity contribution in [2.75, 3.05) is 18.4 Å². The predicted molar refractivity (Wildman–Crippen MR) is 85.7 cm³/mol. The van der Waals surface area contributed by atoms with Gasteiger partial charge in [0, 0.05) is 24.8 Å². The lowest BCUT2D eigenvalue weighted by atomic mass is 9.88. The summed E-state index contributed by atoms with van der Waals surface area (Å²) in [6.07, 6.45) is 0.853. The van der Waals surface area contributed by atoms with E-state index in [1.807, 2.05) is 31.2 Å². The normalized spacial score (nSPS) is 20.5. The summed E-state index contributed by atoms with van der Waals surface area (Å²) in [7, 11) is 1.78. The molecule has 8 heteroatoms. The highest BCUT2D eigenvalue weighted by molar-refractivity contribution is 5.95. The van der Waals surface area contributed by atoms with E-state index in [1.165, 1.54) is 0 Å². The molecule has 1 aliphatic rings. The Kier molecular flexibility index (Phi) is 4.77. The van der Waals surface area contributed by atoms with Crippen LogP contribution in [0.15, 0.2) is 24.3 Å². The summed E-state index contributed by atoms with van der Waals surface area (Å²) in [6.45, 7) is 3.58. The minimum atomic E-state index is -0.345. The average molecular weight is 323 g/mol. The number of rotatable bonds is 3. The van der Waals surface area contributed by atoms with Gasteiger partial charge >= 0.3 is 0 Å². The number of halogens is 1. The molecule has 2 aromatic rings. The highest BCUT2D eigenvalue weighted by Crippen LogP contribution is 2.27. The summed E-state index contributed by atoms with van der Waals surface area (Å²) in [5, 5.41) is 17.6. The number of carbonyl (C=O) groups is 1. The van der Waals surface area contributed by atoms with Crippen LogP contribution in [0.4, 0.5) is 5.69 Å². The van der Waals surface area contributed by atoms with E-state index in [4.69, 9.17) is 0 Å². The van der Waals surface area contributed by atoms with Crippen LogP contribution in [-0.4, -0.2) is 39.2 Å². The Balaban J connectivity index is 0.00000176. The standard InChI is InChI=1S/C14H18N6O.ClH/c1-14(6-7-15-9-14)13(21)16-11-5-3-4-10(8-11)12-17-18-19-20(12)2;/h3-5,8,15H,6-7,9H2,1-2H3,(H,16,21);1H. The van der Waals surface area contributed by atoms with Crippen LogP contribution in [0.3, 0.4) is 0 Å². The number of anilines is 1. The molecule has 1 aromatic heterocycles. The van der Waals surface area contributed by atoms with Gasteiger partial charge in [-0.1, -0.05) is 12.1 Å². The first-order chi connectivity index (χ1) is 10.1. The van der Waals surface area contributed by atoms with Crippen molar-refractivity contribution in [1.82, 2.24) is 25.5 Å². The SMILES string of the molecule is Cl.Cn1nnnc1-c1cccc(NC(=O)C2(C)CCNC2)c1. The number of aryl methyl sites for hydroxylation is 1. The van der Waals surface area contributed by atoms with Gasteiger partial charge in [-0.05, 0) is 42.4 Å². The van der Waals surface area contributed by atoms with Crippen LogP contribution in [-0.2, 0) is 11.8 Å². The average Bonchev–Trinajstić information content (AvgIpc) is 3.09. The van der Waals surface area contributed by atoms with Gasteiger partial charge in [-0.15, -0.1) is 17.5 Å². The minimum Gasteiger partial charge on any atom is -0.326 e. The summed E-state index contributed by atoms with van der Waals surface area (Å²) in [5.74, 6) is 0.709. The van der Waals surface area contributed by atoms with Crippen LogP contribution in [0.25, 0.3) is 11.4 Å². The van der Waals surface area contributed by atoms with Crippen LogP contribution in [0, 0.1) is 5.41 Å². The minimum absolute atomic E-state index is 0. The lowest BCUT2D eigenvalue weighted by Crippen LogP contribution is -2.35. The number of carbonyl (C=O) groups excluding carboxylic acids is 1. The number of hydrogen-bond donors (Lipinski definition) is 2. The lowest BCUT2D eigenvalue weighted by Gasteiger charge is -2.21. The summed E-state index contributed by atoms with van der Waals surface area (Å²) in [5.41, 5.74) is 1.28. The monoisotopic (exact) mass is 322 g/mol. The maximum absolute atomic E-state index is 12.4. The second-order valence-corrected chi connectivity index (χ2v) is 5.65. The van der Waals surface area contributed by atoms with Crippen molar-refractivity contribution in [2.45, 2.75) is 13.3 Å². The van der Waals surface area contributed by atoms with Gasteiger partial charge in [-0.2, -0.15) is 0 Å². The van der Waals surface area contributed by atoms with Crippen molar-refractivity contribution in [3.63, 3.8) is 0 Å². The summed E-state index contributed by atoms with van der Waals surface area (Å²) >= 11 is 0. The Bertz CT molecular complexity index is 665. The molecule has 3 rings (SSSR count). The van der Waals surface area contributed by atoms with E-state index in [9.17, 15) is 4.79 Å². The zero-order chi connectivity index (χ0) is 14.9. The van der Waals surface area contributed by atoms with Crippen LogP contribution in [0.5, 0.6) is 0 Å². The molecule has 1 amide bonds. The molecule has 0 spiro atoms. The van der Waals surface area contributed by atoms with Crippen molar-refractivity contribution in [2.24, 2.45) is 12.5 Å². The zero-order valence-electron chi connectivity index (χ0n) is 12.5. The number of nitrogens with zero attached hydrogens (tertiary/aromatic N) is 4. The molecule has 22 heavy (non-hydrogen) atoms. The molecular formula is C14H19ClN6O. The summed E-state index contributed by atoms with van der Waals surface area (Å²) < 4.78 is 1.60. The molecule has 0 radical (unpaired) electrons. The third-order valence-electron chi connectivity index (χ3n) is 3.92. The molecule has 1 saturated heterocycles. The maximum Gasteiger partial charge on any atom is 0.231 e. The number of tetrazole rings is 1. The third kappa shape index (κ3) is 3.10. The lowest BCUT2D eigenvalue weighted by molar-refractivity contribution is -0.123. The van der Waals surface area contributed by atoms with Gasteiger partial charge in [-0.25, -0.2) is 4.68 Å². The molecule has 7 nitrogen and oxygen atoms in total. The Labute approximate surface area is 134 Å². The van der Waals surface area contributed by atoms with Gasteiger partial charge in [0.15, 0.2) is 5.82 Å². The molecule has 118 valence electrons. The molecule has 1 fully saturated rings. The first-order valence-electron chi connectivity index (χ1n) is 6.93. The Morgan fingerprint density at radius 2 is 2.27 bits per heavy atom. The van der Waals surface area contributed by atoms with E-state index < -0.39 is 0 Å². The predicted octanol–water partition coefficient (Wildman–Crippen LogP) is 1.24. The first-order valence-corrected chi connectivity index (χ1v) is 6.93. The number of nitrogens with one attached hydrogen (secondary N) is 2. The summed E-state index contributed by atoms with van der Waals surface area (Å²) in [4.78, 5) is 12.4.